The van der Waals surface area contributed by atoms with E-state index in [-0.39, 0.29) is 17.1 Å². The maximum Gasteiger partial charge on any atom is 0.244 e. The molecule has 0 atom stereocenters. The molecule has 0 aromatic carbocycles. The summed E-state index contributed by atoms with van der Waals surface area (Å²) in [7, 11) is -1.87. The Kier molecular flexibility index (Phi) is 3.54. The zero-order valence-corrected chi connectivity index (χ0v) is 11.5. The lowest BCUT2D eigenvalue weighted by molar-refractivity contribution is 0.581. The van der Waals surface area contributed by atoms with Crippen molar-refractivity contribution in [2.45, 2.75) is 18.4 Å². The van der Waals surface area contributed by atoms with Crippen LogP contribution in [0.3, 0.4) is 0 Å². The number of nitrogens with zero attached hydrogens (tertiary/aromatic N) is 3. The molecule has 0 unspecified atom stereocenters. The van der Waals surface area contributed by atoms with Crippen molar-refractivity contribution in [1.29, 1.82) is 0 Å². The zero-order valence-electron chi connectivity index (χ0n) is 10.7. The highest BCUT2D eigenvalue weighted by molar-refractivity contribution is 7.89. The average Bonchev–Trinajstić information content (AvgIpc) is 2.68. The lowest BCUT2D eigenvalue weighted by Crippen LogP contribution is -2.24. The van der Waals surface area contributed by atoms with E-state index in [9.17, 15) is 8.42 Å². The first-order valence-electron chi connectivity index (χ1n) is 5.58. The van der Waals surface area contributed by atoms with Gasteiger partial charge in [-0.2, -0.15) is 5.10 Å². The maximum atomic E-state index is 12.1. The Bertz CT molecular complexity index is 693. The lowest BCUT2D eigenvalue weighted by Gasteiger charge is -2.08. The molecular weight excluding hydrogens is 266 g/mol. The van der Waals surface area contributed by atoms with E-state index in [0.29, 0.717) is 0 Å². The van der Waals surface area contributed by atoms with Gasteiger partial charge in [0.1, 0.15) is 4.90 Å². The van der Waals surface area contributed by atoms with Crippen LogP contribution >= 0.6 is 0 Å². The van der Waals surface area contributed by atoms with Gasteiger partial charge >= 0.3 is 0 Å². The van der Waals surface area contributed by atoms with Gasteiger partial charge < -0.3 is 5.73 Å². The summed E-state index contributed by atoms with van der Waals surface area (Å²) in [6, 6.07) is 1.45. The second-order valence-corrected chi connectivity index (χ2v) is 5.85. The quantitative estimate of drug-likeness (QED) is 0.832. The summed E-state index contributed by atoms with van der Waals surface area (Å²) in [4.78, 5) is 3.76. The van der Waals surface area contributed by atoms with Crippen molar-refractivity contribution in [3.05, 3.63) is 35.9 Å². The van der Waals surface area contributed by atoms with E-state index in [4.69, 9.17) is 5.73 Å². The van der Waals surface area contributed by atoms with Crippen LogP contribution < -0.4 is 10.5 Å². The molecule has 19 heavy (non-hydrogen) atoms. The number of nitrogen functional groups attached to an aromatic ring is 1. The van der Waals surface area contributed by atoms with Crippen LogP contribution in [0.1, 0.15) is 11.3 Å². The fraction of sp³-hybridized carbons (Fsp3) is 0.273. The third-order valence-electron chi connectivity index (χ3n) is 2.90. The van der Waals surface area contributed by atoms with E-state index in [2.05, 4.69) is 14.8 Å². The van der Waals surface area contributed by atoms with Gasteiger partial charge in [-0.25, -0.2) is 13.1 Å². The minimum absolute atomic E-state index is 0.0171. The van der Waals surface area contributed by atoms with E-state index in [1.807, 2.05) is 6.92 Å². The Morgan fingerprint density at radius 2 is 2.16 bits per heavy atom. The SMILES string of the molecule is Cc1c(CNS(=O)(=O)c2cnccc2N)cnn1C. The van der Waals surface area contributed by atoms with Crippen molar-refractivity contribution in [2.24, 2.45) is 7.05 Å². The summed E-state index contributed by atoms with van der Waals surface area (Å²) in [5.41, 5.74) is 7.52. The van der Waals surface area contributed by atoms with Crippen molar-refractivity contribution in [1.82, 2.24) is 19.5 Å². The molecular formula is C11H15N5O2S. The predicted molar refractivity (Wildman–Crippen MR) is 70.6 cm³/mol. The normalized spacial score (nSPS) is 11.7. The summed E-state index contributed by atoms with van der Waals surface area (Å²) in [5.74, 6) is 0. The first-order valence-corrected chi connectivity index (χ1v) is 7.07. The van der Waals surface area contributed by atoms with Crippen molar-refractivity contribution in [3.8, 4) is 0 Å². The lowest BCUT2D eigenvalue weighted by atomic mass is 10.3. The van der Waals surface area contributed by atoms with Crippen LogP contribution in [0.5, 0.6) is 0 Å². The van der Waals surface area contributed by atoms with Crippen LogP contribution in [0.15, 0.2) is 29.6 Å². The molecule has 0 aliphatic rings. The molecule has 0 amide bonds. The van der Waals surface area contributed by atoms with Crippen molar-refractivity contribution in [2.75, 3.05) is 5.73 Å². The molecule has 3 N–H and O–H groups in total. The van der Waals surface area contributed by atoms with E-state index in [0.717, 1.165) is 11.3 Å². The molecule has 102 valence electrons. The van der Waals surface area contributed by atoms with Gasteiger partial charge in [0.05, 0.1) is 11.9 Å². The third-order valence-corrected chi connectivity index (χ3v) is 4.34. The number of rotatable bonds is 4. The second-order valence-electron chi connectivity index (χ2n) is 4.12. The van der Waals surface area contributed by atoms with Gasteiger partial charge in [-0.15, -0.1) is 0 Å². The van der Waals surface area contributed by atoms with Crippen molar-refractivity contribution >= 4 is 15.7 Å². The molecule has 2 heterocycles. The van der Waals surface area contributed by atoms with Gasteiger partial charge in [-0.1, -0.05) is 0 Å². The Labute approximate surface area is 111 Å². The van der Waals surface area contributed by atoms with Crippen LogP contribution in [0.2, 0.25) is 0 Å². The van der Waals surface area contributed by atoms with Crippen molar-refractivity contribution < 1.29 is 8.42 Å². The molecule has 0 aliphatic heterocycles. The van der Waals surface area contributed by atoms with Crippen LogP contribution in [0.25, 0.3) is 0 Å². The minimum atomic E-state index is -3.67. The van der Waals surface area contributed by atoms with E-state index in [1.165, 1.54) is 18.5 Å². The molecule has 0 aliphatic carbocycles. The number of hydrogen-bond acceptors (Lipinski definition) is 5. The molecule has 8 heteroatoms. The highest BCUT2D eigenvalue weighted by Gasteiger charge is 2.18. The summed E-state index contributed by atoms with van der Waals surface area (Å²) < 4.78 is 28.3. The number of aryl methyl sites for hydroxylation is 1. The second kappa shape index (κ2) is 4.98. The van der Waals surface area contributed by atoms with E-state index < -0.39 is 10.0 Å². The zero-order chi connectivity index (χ0) is 14.0. The van der Waals surface area contributed by atoms with Crippen molar-refractivity contribution in [3.63, 3.8) is 0 Å². The number of aromatic nitrogens is 3. The van der Waals surface area contributed by atoms with Crippen LogP contribution in [0, 0.1) is 6.92 Å². The maximum absolute atomic E-state index is 12.1. The topological polar surface area (TPSA) is 103 Å². The monoisotopic (exact) mass is 281 g/mol. The number of sulfonamides is 1. The number of anilines is 1. The molecule has 0 spiro atoms. The molecule has 2 aromatic rings. The smallest absolute Gasteiger partial charge is 0.244 e. The predicted octanol–water partition coefficient (Wildman–Crippen LogP) is 0.184. The molecule has 0 bridgehead atoms. The first kappa shape index (κ1) is 13.5. The van der Waals surface area contributed by atoms with Crippen LogP contribution in [0.4, 0.5) is 5.69 Å². The Morgan fingerprint density at radius 1 is 1.42 bits per heavy atom. The fourth-order valence-electron chi connectivity index (χ4n) is 1.58. The van der Waals surface area contributed by atoms with E-state index in [1.54, 1.807) is 17.9 Å². The Morgan fingerprint density at radius 3 is 2.74 bits per heavy atom. The number of nitrogens with two attached hydrogens (primary N) is 1. The molecule has 0 saturated heterocycles. The third kappa shape index (κ3) is 2.74. The van der Waals surface area contributed by atoms with Gasteiger partial charge in [-0.05, 0) is 13.0 Å². The average molecular weight is 281 g/mol. The van der Waals surface area contributed by atoms with Gasteiger partial charge in [0.2, 0.25) is 10.0 Å². The summed E-state index contributed by atoms with van der Waals surface area (Å²) in [6.45, 7) is 2.03. The van der Waals surface area contributed by atoms with Crippen LogP contribution in [-0.2, 0) is 23.6 Å². The molecule has 7 nitrogen and oxygen atoms in total. The summed E-state index contributed by atoms with van der Waals surface area (Å²) in [5, 5.41) is 4.05. The molecule has 0 saturated carbocycles. The highest BCUT2D eigenvalue weighted by atomic mass is 32.2. The standard InChI is InChI=1S/C11H15N5O2S/c1-8-9(5-14-16(8)2)6-15-19(17,18)11-7-13-4-3-10(11)12/h3-5,7,15H,6H2,1-2H3,(H2,12,13). The van der Waals surface area contributed by atoms with Crippen LogP contribution in [-0.4, -0.2) is 23.2 Å². The number of nitrogens with one attached hydrogen (secondary N) is 1. The first-order chi connectivity index (χ1) is 8.92. The number of pyridine rings is 1. The molecule has 2 aromatic heterocycles. The molecule has 0 radical (unpaired) electrons. The van der Waals surface area contributed by atoms with Gasteiger partial charge in [0, 0.05) is 37.2 Å². The fourth-order valence-corrected chi connectivity index (χ4v) is 2.66. The Hall–Kier alpha value is -1.93. The number of hydrogen-bond donors (Lipinski definition) is 2. The van der Waals surface area contributed by atoms with Gasteiger partial charge in [0.15, 0.2) is 0 Å². The van der Waals surface area contributed by atoms with Gasteiger partial charge in [-0.3, -0.25) is 9.67 Å². The molecule has 2 rings (SSSR count). The van der Waals surface area contributed by atoms with Gasteiger partial charge in [0.25, 0.3) is 0 Å². The highest BCUT2D eigenvalue weighted by Crippen LogP contribution is 2.16. The van der Waals surface area contributed by atoms with E-state index >= 15 is 0 Å². The summed E-state index contributed by atoms with van der Waals surface area (Å²) in [6.07, 6.45) is 4.30. The Balaban J connectivity index is 2.19. The largest absolute Gasteiger partial charge is 0.398 e. The summed E-state index contributed by atoms with van der Waals surface area (Å²) >= 11 is 0. The molecule has 0 fully saturated rings. The minimum Gasteiger partial charge on any atom is -0.398 e.